The average Bonchev–Trinajstić information content (AvgIpc) is 3.36. The van der Waals surface area contributed by atoms with Crippen molar-refractivity contribution >= 4 is 17.7 Å². The van der Waals surface area contributed by atoms with E-state index in [2.05, 4.69) is 15.2 Å². The van der Waals surface area contributed by atoms with Gasteiger partial charge in [-0.1, -0.05) is 11.2 Å². The zero-order valence-electron chi connectivity index (χ0n) is 19.2. The number of amides is 2. The molecule has 2 aromatic carbocycles. The molecule has 36 heavy (non-hydrogen) atoms. The van der Waals surface area contributed by atoms with Crippen LogP contribution in [0.3, 0.4) is 0 Å². The van der Waals surface area contributed by atoms with Crippen molar-refractivity contribution in [2.45, 2.75) is 38.7 Å². The fourth-order valence-electron chi connectivity index (χ4n) is 4.51. The number of aromatic nitrogens is 1. The molecule has 2 heterocycles. The Hall–Kier alpha value is -4.02. The minimum absolute atomic E-state index is 0.203. The summed E-state index contributed by atoms with van der Waals surface area (Å²) in [5, 5.41) is 6.88. The van der Waals surface area contributed by atoms with Crippen LogP contribution in [0.5, 0.6) is 5.75 Å². The number of fused-ring (bicyclic) bond motifs is 3. The van der Waals surface area contributed by atoms with E-state index in [0.717, 1.165) is 29.5 Å². The topological polar surface area (TPSA) is 93.9 Å². The third-order valence-corrected chi connectivity index (χ3v) is 6.12. The molecular weight excluding hydrogens is 479 g/mol. The van der Waals surface area contributed by atoms with Crippen LogP contribution in [-0.2, 0) is 22.4 Å². The number of anilines is 1. The van der Waals surface area contributed by atoms with E-state index in [4.69, 9.17) is 9.26 Å². The Kier molecular flexibility index (Phi) is 6.07. The quantitative estimate of drug-likeness (QED) is 0.537. The Bertz CT molecular complexity index is 1300. The number of aryl methyl sites for hydroxylation is 1. The van der Waals surface area contributed by atoms with E-state index in [0.29, 0.717) is 35.7 Å². The summed E-state index contributed by atoms with van der Waals surface area (Å²) >= 11 is 0. The number of ether oxygens (including phenoxy) is 2. The second kappa shape index (κ2) is 9.21. The van der Waals surface area contributed by atoms with Crippen molar-refractivity contribution in [1.29, 1.82) is 0 Å². The lowest BCUT2D eigenvalue weighted by Gasteiger charge is -2.15. The lowest BCUT2D eigenvalue weighted by atomic mass is 9.99. The van der Waals surface area contributed by atoms with Gasteiger partial charge in [0.1, 0.15) is 17.5 Å². The predicted octanol–water partition coefficient (Wildman–Crippen LogP) is 4.86. The van der Waals surface area contributed by atoms with Crippen LogP contribution in [0.1, 0.15) is 24.5 Å². The van der Waals surface area contributed by atoms with Crippen LogP contribution >= 0.6 is 0 Å². The molecule has 0 radical (unpaired) electrons. The number of nitrogens with zero attached hydrogens (tertiary/aromatic N) is 2. The van der Waals surface area contributed by atoms with Crippen LogP contribution in [0.15, 0.2) is 47.0 Å². The maximum atomic E-state index is 12.5. The van der Waals surface area contributed by atoms with E-state index in [9.17, 15) is 22.8 Å². The second-order valence-corrected chi connectivity index (χ2v) is 8.66. The molecular formula is C25H22F3N3O5. The fraction of sp³-hybridized carbons (Fsp3) is 0.320. The number of hydrogen-bond acceptors (Lipinski definition) is 6. The molecule has 1 atom stereocenters. The molecule has 1 N–H and O–H groups in total. The zero-order chi connectivity index (χ0) is 25.4. The van der Waals surface area contributed by atoms with Crippen molar-refractivity contribution in [3.05, 3.63) is 53.6 Å². The maximum Gasteiger partial charge on any atom is 0.573 e. The normalized spacial score (nSPS) is 17.2. The van der Waals surface area contributed by atoms with Crippen LogP contribution in [0, 0.1) is 0 Å². The van der Waals surface area contributed by atoms with Gasteiger partial charge in [0, 0.05) is 29.3 Å². The highest BCUT2D eigenvalue weighted by Crippen LogP contribution is 2.40. The molecule has 1 aliphatic carbocycles. The number of carbonyl (C=O) groups is 2. The summed E-state index contributed by atoms with van der Waals surface area (Å²) in [6.07, 6.45) is -3.44. The first kappa shape index (κ1) is 23.7. The zero-order valence-corrected chi connectivity index (χ0v) is 19.2. The highest BCUT2D eigenvalue weighted by atomic mass is 19.4. The van der Waals surface area contributed by atoms with Gasteiger partial charge in [-0.05, 0) is 61.2 Å². The van der Waals surface area contributed by atoms with Gasteiger partial charge in [-0.15, -0.1) is 13.2 Å². The number of alkyl halides is 3. The van der Waals surface area contributed by atoms with E-state index >= 15 is 0 Å². The average molecular weight is 501 g/mol. The number of halogens is 3. The fourth-order valence-corrected chi connectivity index (χ4v) is 4.51. The first-order valence-corrected chi connectivity index (χ1v) is 11.4. The number of nitrogens with one attached hydrogen (secondary N) is 1. The highest BCUT2D eigenvalue weighted by molar-refractivity contribution is 5.91. The SMILES string of the molecule is CC(=O)NC[C@H]1CN(c2ccc3c(c2)-c2onc(-c4ccc(OC(F)(F)F)cc4)c2CCC3)C(=O)O1. The van der Waals surface area contributed by atoms with Crippen LogP contribution in [-0.4, -0.2) is 42.7 Å². The van der Waals surface area contributed by atoms with E-state index in [1.807, 2.05) is 18.2 Å². The van der Waals surface area contributed by atoms with Gasteiger partial charge in [0.15, 0.2) is 5.76 Å². The predicted molar refractivity (Wildman–Crippen MR) is 122 cm³/mol. The Morgan fingerprint density at radius 1 is 1.19 bits per heavy atom. The van der Waals surface area contributed by atoms with Gasteiger partial charge in [-0.2, -0.15) is 0 Å². The molecule has 5 rings (SSSR count). The van der Waals surface area contributed by atoms with Gasteiger partial charge < -0.3 is 19.3 Å². The van der Waals surface area contributed by atoms with Gasteiger partial charge >= 0.3 is 12.5 Å². The number of cyclic esters (lactones) is 1. The van der Waals surface area contributed by atoms with E-state index in [1.165, 1.54) is 36.1 Å². The van der Waals surface area contributed by atoms with Crippen molar-refractivity contribution in [2.75, 3.05) is 18.0 Å². The number of benzene rings is 2. The number of hydrogen-bond donors (Lipinski definition) is 1. The monoisotopic (exact) mass is 501 g/mol. The molecule has 0 saturated carbocycles. The summed E-state index contributed by atoms with van der Waals surface area (Å²) in [5.41, 5.74) is 4.48. The first-order chi connectivity index (χ1) is 17.2. The molecule has 8 nitrogen and oxygen atoms in total. The largest absolute Gasteiger partial charge is 0.573 e. The molecule has 1 saturated heterocycles. The Balaban J connectivity index is 1.43. The maximum absolute atomic E-state index is 12.5. The first-order valence-electron chi connectivity index (χ1n) is 11.4. The van der Waals surface area contributed by atoms with Crippen LogP contribution < -0.4 is 15.0 Å². The van der Waals surface area contributed by atoms with Gasteiger partial charge in [-0.3, -0.25) is 9.69 Å². The van der Waals surface area contributed by atoms with Crippen LogP contribution in [0.4, 0.5) is 23.7 Å². The molecule has 0 spiro atoms. The highest BCUT2D eigenvalue weighted by Gasteiger charge is 2.34. The Morgan fingerprint density at radius 3 is 2.69 bits per heavy atom. The lowest BCUT2D eigenvalue weighted by molar-refractivity contribution is -0.274. The van der Waals surface area contributed by atoms with Crippen molar-refractivity contribution in [2.24, 2.45) is 0 Å². The minimum Gasteiger partial charge on any atom is -0.442 e. The summed E-state index contributed by atoms with van der Waals surface area (Å²) in [5.74, 6) is 0.0492. The lowest BCUT2D eigenvalue weighted by Crippen LogP contribution is -2.33. The minimum atomic E-state index is -4.76. The van der Waals surface area contributed by atoms with E-state index < -0.39 is 18.6 Å². The van der Waals surface area contributed by atoms with Crippen molar-refractivity contribution in [1.82, 2.24) is 10.5 Å². The third-order valence-electron chi connectivity index (χ3n) is 6.12. The third kappa shape index (κ3) is 4.86. The summed E-state index contributed by atoms with van der Waals surface area (Å²) in [6.45, 7) is 1.92. The van der Waals surface area contributed by atoms with Gasteiger partial charge in [-0.25, -0.2) is 4.79 Å². The molecule has 0 bridgehead atoms. The molecule has 0 unspecified atom stereocenters. The molecule has 3 aromatic rings. The van der Waals surface area contributed by atoms with Crippen LogP contribution in [0.2, 0.25) is 0 Å². The van der Waals surface area contributed by atoms with Crippen molar-refractivity contribution < 1.29 is 36.8 Å². The molecule has 2 amide bonds. The summed E-state index contributed by atoms with van der Waals surface area (Å²) in [7, 11) is 0. The molecule has 2 aliphatic rings. The molecule has 1 aromatic heterocycles. The van der Waals surface area contributed by atoms with E-state index in [-0.39, 0.29) is 18.2 Å². The van der Waals surface area contributed by atoms with Gasteiger partial charge in [0.2, 0.25) is 5.91 Å². The smallest absolute Gasteiger partial charge is 0.442 e. The van der Waals surface area contributed by atoms with E-state index in [1.54, 1.807) is 0 Å². The number of rotatable bonds is 5. The molecule has 11 heteroatoms. The van der Waals surface area contributed by atoms with Crippen molar-refractivity contribution in [3.8, 4) is 28.3 Å². The van der Waals surface area contributed by atoms with Crippen LogP contribution in [0.25, 0.3) is 22.6 Å². The summed E-state index contributed by atoms with van der Waals surface area (Å²) < 4.78 is 52.5. The second-order valence-electron chi connectivity index (χ2n) is 8.66. The molecule has 1 aliphatic heterocycles. The standard InChI is InChI=1S/C25H22F3N3O5/c1-14(32)29-12-19-13-31(24(33)34-19)17-8-5-15-3-2-4-20-22(30-36-23(20)21(15)11-17)16-6-9-18(10-7-16)35-25(26,27)28/h5-11,19H,2-4,12-13H2,1H3,(H,29,32)/t19-/m0/s1. The number of carbonyl (C=O) groups excluding carboxylic acids is 2. The Morgan fingerprint density at radius 2 is 1.97 bits per heavy atom. The summed E-state index contributed by atoms with van der Waals surface area (Å²) in [4.78, 5) is 25.2. The van der Waals surface area contributed by atoms with Gasteiger partial charge in [0.25, 0.3) is 0 Å². The van der Waals surface area contributed by atoms with Crippen molar-refractivity contribution in [3.63, 3.8) is 0 Å². The Labute approximate surface area is 204 Å². The molecule has 188 valence electrons. The molecule has 1 fully saturated rings. The van der Waals surface area contributed by atoms with Gasteiger partial charge in [0.05, 0.1) is 13.1 Å². The summed E-state index contributed by atoms with van der Waals surface area (Å²) in [6, 6.07) is 11.2.